The molecule has 3 nitrogen and oxygen atoms in total. The molecule has 0 radical (unpaired) electrons. The Labute approximate surface area is 85.2 Å². The van der Waals surface area contributed by atoms with Gasteiger partial charge in [0, 0.05) is 0 Å². The molecule has 0 saturated carbocycles. The minimum atomic E-state index is -0.654. The highest BCUT2D eigenvalue weighted by Crippen LogP contribution is 2.24. The van der Waals surface area contributed by atoms with Gasteiger partial charge < -0.3 is 9.84 Å². The van der Waals surface area contributed by atoms with Gasteiger partial charge in [0.15, 0.2) is 0 Å². The van der Waals surface area contributed by atoms with Crippen molar-refractivity contribution in [2.75, 3.05) is 7.11 Å². The summed E-state index contributed by atoms with van der Waals surface area (Å²) in [6.07, 6.45) is 2.73. The van der Waals surface area contributed by atoms with Crippen LogP contribution >= 0.6 is 15.9 Å². The van der Waals surface area contributed by atoms with E-state index in [9.17, 15) is 9.90 Å². The first kappa shape index (κ1) is 10.5. The number of hydrogen-bond donors (Lipinski definition) is 1. The van der Waals surface area contributed by atoms with Gasteiger partial charge in [0.2, 0.25) is 0 Å². The van der Waals surface area contributed by atoms with E-state index in [1.807, 2.05) is 0 Å². The van der Waals surface area contributed by atoms with Crippen LogP contribution in [0.3, 0.4) is 0 Å². The van der Waals surface area contributed by atoms with Gasteiger partial charge in [-0.05, 0) is 12.5 Å². The van der Waals surface area contributed by atoms with Crippen molar-refractivity contribution in [3.05, 3.63) is 23.3 Å². The molecule has 1 aliphatic rings. The molecule has 2 atom stereocenters. The van der Waals surface area contributed by atoms with E-state index in [1.165, 1.54) is 7.11 Å². The number of aliphatic hydroxyl groups is 1. The van der Waals surface area contributed by atoms with Crippen molar-refractivity contribution < 1.29 is 14.6 Å². The number of aliphatic hydroxyl groups excluding tert-OH is 1. The lowest BCUT2D eigenvalue weighted by atomic mass is 9.96. The zero-order valence-electron chi connectivity index (χ0n) is 7.45. The average molecular weight is 247 g/mol. The van der Waals surface area contributed by atoms with Gasteiger partial charge in [-0.3, -0.25) is 0 Å². The lowest BCUT2D eigenvalue weighted by Gasteiger charge is -2.21. The zero-order chi connectivity index (χ0) is 10.0. The fourth-order valence-electron chi connectivity index (χ4n) is 1.16. The normalized spacial score (nSPS) is 27.7. The molecule has 1 rings (SSSR count). The van der Waals surface area contributed by atoms with Crippen LogP contribution in [-0.4, -0.2) is 29.1 Å². The van der Waals surface area contributed by atoms with Crippen molar-refractivity contribution in [1.82, 2.24) is 0 Å². The highest BCUT2D eigenvalue weighted by Gasteiger charge is 2.24. The number of alkyl halides is 1. The Hall–Kier alpha value is -0.610. The molecule has 2 unspecified atom stereocenters. The molecular weight excluding hydrogens is 236 g/mol. The number of halogens is 1. The molecule has 72 valence electrons. The predicted molar refractivity (Wildman–Crippen MR) is 52.6 cm³/mol. The molecule has 0 aromatic carbocycles. The van der Waals surface area contributed by atoms with Crippen molar-refractivity contribution in [3.8, 4) is 0 Å². The van der Waals surface area contributed by atoms with E-state index in [1.54, 1.807) is 19.1 Å². The first-order valence-electron chi connectivity index (χ1n) is 3.87. The van der Waals surface area contributed by atoms with E-state index in [-0.39, 0.29) is 4.83 Å². The molecule has 4 heteroatoms. The third-order valence-electron chi connectivity index (χ3n) is 2.02. The standard InChI is InChI=1S/C9H11BrO3/c1-5-6(9(12)13-2)3-4-7(10)8(5)11/h3-4,7-8,11H,1-2H3. The molecular formula is C9H11BrO3. The molecule has 0 heterocycles. The Bertz CT molecular complexity index is 281. The lowest BCUT2D eigenvalue weighted by Crippen LogP contribution is -2.25. The predicted octanol–water partition coefficient (Wildman–Crippen LogP) is 1.17. The minimum absolute atomic E-state index is 0.124. The second-order valence-electron chi connectivity index (χ2n) is 2.84. The summed E-state index contributed by atoms with van der Waals surface area (Å²) in [4.78, 5) is 11.0. The van der Waals surface area contributed by atoms with Gasteiger partial charge in [0.1, 0.15) is 0 Å². The summed E-state index contributed by atoms with van der Waals surface area (Å²) in [5.74, 6) is -0.410. The summed E-state index contributed by atoms with van der Waals surface area (Å²) in [5, 5.41) is 9.60. The van der Waals surface area contributed by atoms with E-state index in [2.05, 4.69) is 20.7 Å². The Kier molecular flexibility index (Phi) is 3.27. The maximum atomic E-state index is 11.2. The van der Waals surface area contributed by atoms with E-state index in [4.69, 9.17) is 0 Å². The molecule has 0 spiro atoms. The Morgan fingerprint density at radius 1 is 1.69 bits per heavy atom. The summed E-state index contributed by atoms with van der Waals surface area (Å²) in [5.41, 5.74) is 1.07. The van der Waals surface area contributed by atoms with Gasteiger partial charge in [-0.1, -0.05) is 28.1 Å². The second-order valence-corrected chi connectivity index (χ2v) is 3.89. The molecule has 13 heavy (non-hydrogen) atoms. The smallest absolute Gasteiger partial charge is 0.337 e. The van der Waals surface area contributed by atoms with Gasteiger partial charge in [0.25, 0.3) is 0 Å². The van der Waals surface area contributed by atoms with E-state index < -0.39 is 12.1 Å². The first-order chi connectivity index (χ1) is 6.07. The fraction of sp³-hybridized carbons (Fsp3) is 0.444. The molecule has 0 bridgehead atoms. The van der Waals surface area contributed by atoms with Crippen LogP contribution in [0, 0.1) is 0 Å². The largest absolute Gasteiger partial charge is 0.465 e. The average Bonchev–Trinajstić information content (AvgIpc) is 2.13. The maximum Gasteiger partial charge on any atom is 0.337 e. The van der Waals surface area contributed by atoms with E-state index in [0.29, 0.717) is 11.1 Å². The van der Waals surface area contributed by atoms with Gasteiger partial charge in [-0.15, -0.1) is 0 Å². The third-order valence-corrected chi connectivity index (χ3v) is 2.83. The van der Waals surface area contributed by atoms with Crippen LogP contribution in [0.4, 0.5) is 0 Å². The molecule has 0 fully saturated rings. The SMILES string of the molecule is COC(=O)C1=C(C)C(O)C(Br)C=C1. The summed E-state index contributed by atoms with van der Waals surface area (Å²) in [6, 6.07) is 0. The van der Waals surface area contributed by atoms with Gasteiger partial charge in [-0.2, -0.15) is 0 Å². The molecule has 0 saturated heterocycles. The van der Waals surface area contributed by atoms with Crippen LogP contribution in [0.2, 0.25) is 0 Å². The van der Waals surface area contributed by atoms with Crippen LogP contribution in [0.15, 0.2) is 23.3 Å². The van der Waals surface area contributed by atoms with Crippen LogP contribution in [0.1, 0.15) is 6.92 Å². The second kappa shape index (κ2) is 4.07. The lowest BCUT2D eigenvalue weighted by molar-refractivity contribution is -0.135. The molecule has 0 aromatic rings. The number of rotatable bonds is 1. The number of esters is 1. The van der Waals surface area contributed by atoms with Crippen molar-refractivity contribution >= 4 is 21.9 Å². The van der Waals surface area contributed by atoms with Crippen molar-refractivity contribution in [2.45, 2.75) is 17.9 Å². The highest BCUT2D eigenvalue weighted by atomic mass is 79.9. The van der Waals surface area contributed by atoms with Gasteiger partial charge in [0.05, 0.1) is 23.6 Å². The first-order valence-corrected chi connectivity index (χ1v) is 4.79. The van der Waals surface area contributed by atoms with Crippen molar-refractivity contribution in [2.24, 2.45) is 0 Å². The monoisotopic (exact) mass is 246 g/mol. The molecule has 0 amide bonds. The minimum Gasteiger partial charge on any atom is -0.465 e. The number of ether oxygens (including phenoxy) is 1. The summed E-state index contributed by atoms with van der Waals surface area (Å²) in [7, 11) is 1.32. The quantitative estimate of drug-likeness (QED) is 0.558. The Balaban J connectivity index is 2.97. The van der Waals surface area contributed by atoms with Crippen molar-refractivity contribution in [1.29, 1.82) is 0 Å². The number of methoxy groups -OCH3 is 1. The van der Waals surface area contributed by atoms with Crippen LogP contribution in [0.5, 0.6) is 0 Å². The topological polar surface area (TPSA) is 46.5 Å². The number of carbonyl (C=O) groups is 1. The van der Waals surface area contributed by atoms with Crippen LogP contribution < -0.4 is 0 Å². The molecule has 0 aliphatic heterocycles. The number of hydrogen-bond acceptors (Lipinski definition) is 3. The highest BCUT2D eigenvalue weighted by molar-refractivity contribution is 9.09. The van der Waals surface area contributed by atoms with E-state index in [0.717, 1.165) is 0 Å². The summed E-state index contributed by atoms with van der Waals surface area (Å²) < 4.78 is 4.57. The summed E-state index contributed by atoms with van der Waals surface area (Å²) in [6.45, 7) is 1.72. The van der Waals surface area contributed by atoms with Crippen LogP contribution in [-0.2, 0) is 9.53 Å². The molecule has 0 aromatic heterocycles. The maximum absolute atomic E-state index is 11.2. The number of carbonyl (C=O) groups excluding carboxylic acids is 1. The van der Waals surface area contributed by atoms with E-state index >= 15 is 0 Å². The van der Waals surface area contributed by atoms with Crippen molar-refractivity contribution in [3.63, 3.8) is 0 Å². The van der Waals surface area contributed by atoms with Gasteiger partial charge >= 0.3 is 5.97 Å². The Morgan fingerprint density at radius 3 is 2.85 bits per heavy atom. The molecule has 1 N–H and O–H groups in total. The fourth-order valence-corrected chi connectivity index (χ4v) is 1.71. The Morgan fingerprint density at radius 2 is 2.31 bits per heavy atom. The zero-order valence-corrected chi connectivity index (χ0v) is 9.04. The van der Waals surface area contributed by atoms with Crippen LogP contribution in [0.25, 0.3) is 0 Å². The van der Waals surface area contributed by atoms with Gasteiger partial charge in [-0.25, -0.2) is 4.79 Å². The third kappa shape index (κ3) is 2.00. The summed E-state index contributed by atoms with van der Waals surface area (Å²) >= 11 is 3.27. The molecule has 1 aliphatic carbocycles.